The first-order valence-corrected chi connectivity index (χ1v) is 6.76. The molecule has 1 amide bonds. The number of halogens is 1. The lowest BCUT2D eigenvalue weighted by molar-refractivity contribution is 0.0690. The lowest BCUT2D eigenvalue weighted by Crippen LogP contribution is -2.18. The van der Waals surface area contributed by atoms with E-state index in [-0.39, 0.29) is 17.4 Å². The maximum absolute atomic E-state index is 12.2. The Balaban J connectivity index is 2.22. The van der Waals surface area contributed by atoms with Crippen LogP contribution in [0, 0.1) is 0 Å². The number of carboxylic acid groups (broad SMARTS) is 1. The highest BCUT2D eigenvalue weighted by molar-refractivity contribution is 6.31. The van der Waals surface area contributed by atoms with Crippen molar-refractivity contribution in [1.82, 2.24) is 9.55 Å². The van der Waals surface area contributed by atoms with E-state index >= 15 is 0 Å². The van der Waals surface area contributed by atoms with Crippen LogP contribution in [0.25, 0.3) is 0 Å². The van der Waals surface area contributed by atoms with Gasteiger partial charge in [0.25, 0.3) is 5.91 Å². The lowest BCUT2D eigenvalue weighted by Gasteiger charge is -2.08. The van der Waals surface area contributed by atoms with Gasteiger partial charge in [0.05, 0.1) is 5.02 Å². The molecule has 6 nitrogen and oxygen atoms in total. The number of nitrogens with zero attached hydrogens (tertiary/aromatic N) is 2. The van der Waals surface area contributed by atoms with E-state index in [1.54, 1.807) is 16.8 Å². The number of aryl methyl sites for hydroxylation is 1. The number of carboxylic acids is 1. The van der Waals surface area contributed by atoms with Crippen LogP contribution in [0.1, 0.15) is 34.3 Å². The monoisotopic (exact) mass is 307 g/mol. The third kappa shape index (κ3) is 3.61. The zero-order valence-corrected chi connectivity index (χ0v) is 12.1. The molecule has 0 aliphatic rings. The summed E-state index contributed by atoms with van der Waals surface area (Å²) in [6.07, 6.45) is 2.54. The van der Waals surface area contributed by atoms with Crippen molar-refractivity contribution in [2.45, 2.75) is 19.9 Å². The molecule has 0 aliphatic carbocycles. The maximum Gasteiger partial charge on any atom is 0.354 e. The van der Waals surface area contributed by atoms with E-state index in [0.717, 1.165) is 6.42 Å². The molecule has 21 heavy (non-hydrogen) atoms. The van der Waals surface area contributed by atoms with E-state index in [0.29, 0.717) is 17.3 Å². The Morgan fingerprint density at radius 3 is 2.86 bits per heavy atom. The summed E-state index contributed by atoms with van der Waals surface area (Å²) >= 11 is 5.92. The van der Waals surface area contributed by atoms with Gasteiger partial charge in [-0.05, 0) is 24.6 Å². The number of carbonyl (C=O) groups excluding carboxylic acids is 1. The molecule has 0 spiro atoms. The van der Waals surface area contributed by atoms with Crippen LogP contribution in [0.2, 0.25) is 5.02 Å². The van der Waals surface area contributed by atoms with Crippen LogP contribution in [0.5, 0.6) is 0 Å². The summed E-state index contributed by atoms with van der Waals surface area (Å²) in [4.78, 5) is 26.9. The average molecular weight is 308 g/mol. The lowest BCUT2D eigenvalue weighted by atomic mass is 10.3. The molecule has 0 atom stereocenters. The largest absolute Gasteiger partial charge is 0.477 e. The fourth-order valence-corrected chi connectivity index (χ4v) is 2.12. The predicted molar refractivity (Wildman–Crippen MR) is 78.9 cm³/mol. The van der Waals surface area contributed by atoms with Crippen molar-refractivity contribution < 1.29 is 14.7 Å². The molecule has 0 bridgehead atoms. The smallest absolute Gasteiger partial charge is 0.354 e. The van der Waals surface area contributed by atoms with Crippen LogP contribution in [0.4, 0.5) is 5.82 Å². The van der Waals surface area contributed by atoms with Gasteiger partial charge in [-0.1, -0.05) is 24.6 Å². The van der Waals surface area contributed by atoms with Gasteiger partial charge in [-0.2, -0.15) is 0 Å². The van der Waals surface area contributed by atoms with Crippen molar-refractivity contribution in [3.63, 3.8) is 0 Å². The van der Waals surface area contributed by atoms with E-state index < -0.39 is 5.97 Å². The number of aromatic carboxylic acids is 1. The molecule has 2 rings (SSSR count). The molecule has 0 saturated heterocycles. The number of rotatable bonds is 5. The molecular formula is C14H14ClN3O3. The maximum atomic E-state index is 12.2. The minimum Gasteiger partial charge on any atom is -0.477 e. The van der Waals surface area contributed by atoms with Gasteiger partial charge in [0.2, 0.25) is 0 Å². The van der Waals surface area contributed by atoms with E-state index in [9.17, 15) is 9.59 Å². The molecule has 2 heterocycles. The highest BCUT2D eigenvalue weighted by Gasteiger charge is 2.14. The highest BCUT2D eigenvalue weighted by atomic mass is 35.5. The number of pyridine rings is 1. The Hall–Kier alpha value is -2.34. The molecule has 7 heteroatoms. The summed E-state index contributed by atoms with van der Waals surface area (Å²) in [6, 6.07) is 5.96. The number of nitrogens with one attached hydrogen (secondary N) is 1. The molecule has 2 aromatic rings. The second-order valence-electron chi connectivity index (χ2n) is 4.40. The van der Waals surface area contributed by atoms with Crippen molar-refractivity contribution in [3.8, 4) is 0 Å². The number of amides is 1. The van der Waals surface area contributed by atoms with Crippen LogP contribution in [0.15, 0.2) is 30.5 Å². The van der Waals surface area contributed by atoms with Gasteiger partial charge < -0.3 is 15.0 Å². The van der Waals surface area contributed by atoms with Crippen molar-refractivity contribution in [1.29, 1.82) is 0 Å². The molecule has 0 unspecified atom stereocenters. The van der Waals surface area contributed by atoms with E-state index in [4.69, 9.17) is 16.7 Å². The first kappa shape index (κ1) is 15.1. The van der Waals surface area contributed by atoms with Gasteiger partial charge in [0, 0.05) is 12.7 Å². The Bertz CT molecular complexity index is 682. The Morgan fingerprint density at radius 2 is 2.19 bits per heavy atom. The van der Waals surface area contributed by atoms with Gasteiger partial charge in [0.15, 0.2) is 5.69 Å². The number of aromatic nitrogens is 2. The number of anilines is 1. The van der Waals surface area contributed by atoms with Crippen LogP contribution in [-0.4, -0.2) is 26.5 Å². The summed E-state index contributed by atoms with van der Waals surface area (Å²) in [7, 11) is 0. The fraction of sp³-hybridized carbons (Fsp3) is 0.214. The van der Waals surface area contributed by atoms with Gasteiger partial charge >= 0.3 is 5.97 Å². The predicted octanol–water partition coefficient (Wildman–Crippen LogP) is 2.90. The van der Waals surface area contributed by atoms with Gasteiger partial charge in [0.1, 0.15) is 11.5 Å². The molecule has 0 aliphatic heterocycles. The molecule has 2 N–H and O–H groups in total. The highest BCUT2D eigenvalue weighted by Crippen LogP contribution is 2.16. The van der Waals surface area contributed by atoms with E-state index in [1.165, 1.54) is 18.2 Å². The molecule has 0 radical (unpaired) electrons. The van der Waals surface area contributed by atoms with Crippen LogP contribution in [-0.2, 0) is 6.54 Å². The molecule has 0 fully saturated rings. The molecular weight excluding hydrogens is 294 g/mol. The minimum absolute atomic E-state index is 0.130. The Morgan fingerprint density at radius 1 is 1.43 bits per heavy atom. The minimum atomic E-state index is -1.15. The van der Waals surface area contributed by atoms with Crippen LogP contribution in [0.3, 0.4) is 0 Å². The second-order valence-corrected chi connectivity index (χ2v) is 4.84. The first-order chi connectivity index (χ1) is 10.0. The average Bonchev–Trinajstić information content (AvgIpc) is 2.80. The van der Waals surface area contributed by atoms with Crippen molar-refractivity contribution in [2.24, 2.45) is 0 Å². The van der Waals surface area contributed by atoms with Crippen molar-refractivity contribution in [2.75, 3.05) is 5.32 Å². The Labute approximate surface area is 126 Å². The topological polar surface area (TPSA) is 84.2 Å². The quantitative estimate of drug-likeness (QED) is 0.889. The van der Waals surface area contributed by atoms with Gasteiger partial charge in [-0.25, -0.2) is 9.78 Å². The molecule has 0 aromatic carbocycles. The van der Waals surface area contributed by atoms with Crippen molar-refractivity contribution >= 4 is 29.3 Å². The summed E-state index contributed by atoms with van der Waals surface area (Å²) in [5, 5.41) is 11.9. The molecule has 2 aromatic heterocycles. The summed E-state index contributed by atoms with van der Waals surface area (Å²) < 4.78 is 1.75. The zero-order valence-electron chi connectivity index (χ0n) is 11.3. The van der Waals surface area contributed by atoms with Crippen LogP contribution >= 0.6 is 11.6 Å². The normalized spacial score (nSPS) is 10.4. The second kappa shape index (κ2) is 6.41. The van der Waals surface area contributed by atoms with Crippen LogP contribution < -0.4 is 5.32 Å². The standard InChI is InChI=1S/C14H14ClN3O3/c1-2-6-18-8-9(15)7-11(18)13(19)17-12-5-3-4-10(16-12)14(20)21/h3-5,7-8H,2,6H2,1H3,(H,20,21)(H,16,17,19). The number of carbonyl (C=O) groups is 2. The molecule has 0 saturated carbocycles. The Kier molecular flexibility index (Phi) is 4.59. The third-order valence-corrected chi connectivity index (χ3v) is 2.98. The zero-order chi connectivity index (χ0) is 15.4. The van der Waals surface area contributed by atoms with E-state index in [2.05, 4.69) is 10.3 Å². The van der Waals surface area contributed by atoms with Gasteiger partial charge in [-0.15, -0.1) is 0 Å². The van der Waals surface area contributed by atoms with Crippen molar-refractivity contribution in [3.05, 3.63) is 46.9 Å². The summed E-state index contributed by atoms with van der Waals surface area (Å²) in [5.74, 6) is -1.35. The number of hydrogen-bond acceptors (Lipinski definition) is 3. The van der Waals surface area contributed by atoms with E-state index in [1.807, 2.05) is 6.92 Å². The SMILES string of the molecule is CCCn1cc(Cl)cc1C(=O)Nc1cccc(C(=O)O)n1. The molecule has 110 valence electrons. The third-order valence-electron chi connectivity index (χ3n) is 2.77. The fourth-order valence-electron chi connectivity index (χ4n) is 1.89. The number of hydrogen-bond donors (Lipinski definition) is 2. The summed E-state index contributed by atoms with van der Waals surface area (Å²) in [5.41, 5.74) is 0.277. The van der Waals surface area contributed by atoms with Gasteiger partial charge in [-0.3, -0.25) is 4.79 Å². The summed E-state index contributed by atoms with van der Waals surface area (Å²) in [6.45, 7) is 2.66. The first-order valence-electron chi connectivity index (χ1n) is 6.38.